The molecule has 2 aromatic heterocycles. The van der Waals surface area contributed by atoms with Crippen LogP contribution in [0.1, 0.15) is 41.4 Å². The van der Waals surface area contributed by atoms with Gasteiger partial charge in [-0.3, -0.25) is 9.59 Å². The maximum atomic E-state index is 15.6. The van der Waals surface area contributed by atoms with Crippen molar-refractivity contribution in [2.45, 2.75) is 31.0 Å². The lowest BCUT2D eigenvalue weighted by Crippen LogP contribution is -2.38. The Labute approximate surface area is 218 Å². The van der Waals surface area contributed by atoms with Gasteiger partial charge in [-0.15, -0.1) is 0 Å². The monoisotopic (exact) mass is 542 g/mol. The topological polar surface area (TPSA) is 141 Å². The smallest absolute Gasteiger partial charge is 0.263 e. The number of nitrogens with two attached hydrogens (primary N) is 2. The molecule has 5 rings (SSSR count). The van der Waals surface area contributed by atoms with Crippen molar-refractivity contribution in [1.82, 2.24) is 9.97 Å². The first-order valence-electron chi connectivity index (χ1n) is 11.4. The van der Waals surface area contributed by atoms with Gasteiger partial charge >= 0.3 is 0 Å². The van der Waals surface area contributed by atoms with Crippen molar-refractivity contribution in [2.24, 2.45) is 5.73 Å². The van der Waals surface area contributed by atoms with Crippen LogP contribution in [0, 0.1) is 11.6 Å². The molecular weight excluding hydrogens is 521 g/mol. The summed E-state index contributed by atoms with van der Waals surface area (Å²) in [6, 6.07) is 8.84. The number of pyridine rings is 1. The lowest BCUT2D eigenvalue weighted by atomic mass is 9.88. The SMILES string of the molecule is C[C@](O)(CCC(=O)c1cc(F)c2nc(N)sc2c1)c1cc2c(c(-c3ccc(F)cc3)n1)OCC2(F)C(N)=O. The van der Waals surface area contributed by atoms with Gasteiger partial charge in [0.1, 0.15) is 29.2 Å². The second-order valence-electron chi connectivity index (χ2n) is 9.25. The maximum absolute atomic E-state index is 15.6. The van der Waals surface area contributed by atoms with Gasteiger partial charge in [0.05, 0.1) is 10.4 Å². The molecule has 0 radical (unpaired) electrons. The van der Waals surface area contributed by atoms with Gasteiger partial charge in [0.2, 0.25) is 0 Å². The van der Waals surface area contributed by atoms with Gasteiger partial charge < -0.3 is 21.3 Å². The summed E-state index contributed by atoms with van der Waals surface area (Å²) in [7, 11) is 0. The van der Waals surface area contributed by atoms with Crippen molar-refractivity contribution in [2.75, 3.05) is 12.3 Å². The molecule has 2 aromatic carbocycles. The zero-order chi connectivity index (χ0) is 27.4. The number of hydrogen-bond donors (Lipinski definition) is 3. The van der Waals surface area contributed by atoms with E-state index in [-0.39, 0.29) is 51.8 Å². The molecule has 38 heavy (non-hydrogen) atoms. The summed E-state index contributed by atoms with van der Waals surface area (Å²) < 4.78 is 49.4. The van der Waals surface area contributed by atoms with E-state index in [4.69, 9.17) is 16.2 Å². The van der Waals surface area contributed by atoms with Gasteiger partial charge in [-0.2, -0.15) is 0 Å². The van der Waals surface area contributed by atoms with E-state index in [0.29, 0.717) is 10.3 Å². The number of carbonyl (C=O) groups is 2. The summed E-state index contributed by atoms with van der Waals surface area (Å²) in [5.74, 6) is -3.00. The van der Waals surface area contributed by atoms with E-state index < -0.39 is 41.2 Å². The van der Waals surface area contributed by atoms with Crippen LogP contribution in [0.25, 0.3) is 21.5 Å². The van der Waals surface area contributed by atoms with Crippen molar-refractivity contribution in [3.05, 3.63) is 70.9 Å². The largest absolute Gasteiger partial charge is 0.487 e. The number of halogens is 3. The van der Waals surface area contributed by atoms with E-state index in [0.717, 1.165) is 17.4 Å². The van der Waals surface area contributed by atoms with Crippen molar-refractivity contribution in [3.63, 3.8) is 0 Å². The number of amides is 1. The highest BCUT2D eigenvalue weighted by Crippen LogP contribution is 2.46. The van der Waals surface area contributed by atoms with Gasteiger partial charge in [0, 0.05) is 23.1 Å². The van der Waals surface area contributed by atoms with Crippen LogP contribution < -0.4 is 16.2 Å². The fraction of sp³-hybridized carbons (Fsp3) is 0.231. The summed E-state index contributed by atoms with van der Waals surface area (Å²) >= 11 is 1.04. The number of carbonyl (C=O) groups excluding carboxylic acids is 2. The second-order valence-corrected chi connectivity index (χ2v) is 10.3. The lowest BCUT2D eigenvalue weighted by molar-refractivity contribution is -0.130. The quantitative estimate of drug-likeness (QED) is 0.298. The van der Waals surface area contributed by atoms with E-state index in [1.807, 2.05) is 0 Å². The first kappa shape index (κ1) is 25.6. The molecule has 3 heterocycles. The number of aliphatic hydroxyl groups is 1. The molecule has 5 N–H and O–H groups in total. The summed E-state index contributed by atoms with van der Waals surface area (Å²) in [5.41, 5.74) is 6.75. The van der Waals surface area contributed by atoms with E-state index in [1.54, 1.807) is 0 Å². The summed E-state index contributed by atoms with van der Waals surface area (Å²) in [6.07, 6.45) is -0.397. The van der Waals surface area contributed by atoms with E-state index in [1.165, 1.54) is 43.3 Å². The number of alkyl halides is 1. The summed E-state index contributed by atoms with van der Waals surface area (Å²) in [4.78, 5) is 33.2. The van der Waals surface area contributed by atoms with Crippen LogP contribution in [0.4, 0.5) is 18.3 Å². The minimum absolute atomic E-state index is 0.0545. The van der Waals surface area contributed by atoms with E-state index in [9.17, 15) is 23.5 Å². The number of benzene rings is 2. The highest BCUT2D eigenvalue weighted by atomic mass is 32.1. The lowest BCUT2D eigenvalue weighted by Gasteiger charge is -2.25. The molecule has 0 saturated heterocycles. The Morgan fingerprint density at radius 1 is 1.18 bits per heavy atom. The number of Topliss-reactive ketones (excluding diaryl/α,β-unsaturated/α-hetero) is 1. The number of fused-ring (bicyclic) bond motifs is 2. The number of thiazole rings is 1. The van der Waals surface area contributed by atoms with Crippen LogP contribution in [-0.4, -0.2) is 33.4 Å². The third kappa shape index (κ3) is 4.35. The number of rotatable bonds is 7. The number of primary amides is 1. The Morgan fingerprint density at radius 2 is 1.89 bits per heavy atom. The van der Waals surface area contributed by atoms with Gasteiger partial charge in [0.25, 0.3) is 11.6 Å². The van der Waals surface area contributed by atoms with Gasteiger partial charge in [-0.25, -0.2) is 23.1 Å². The first-order valence-corrected chi connectivity index (χ1v) is 12.3. The molecule has 4 aromatic rings. The summed E-state index contributed by atoms with van der Waals surface area (Å²) in [6.45, 7) is 0.685. The third-order valence-electron chi connectivity index (χ3n) is 6.50. The average Bonchev–Trinajstić information content (AvgIpc) is 3.43. The first-order chi connectivity index (χ1) is 17.9. The zero-order valence-corrected chi connectivity index (χ0v) is 20.7. The summed E-state index contributed by atoms with van der Waals surface area (Å²) in [5, 5.41) is 11.5. The fourth-order valence-corrected chi connectivity index (χ4v) is 5.09. The molecule has 0 aliphatic carbocycles. The standard InChI is InChI=1S/C26H21F3N4O4S/c1-25(36,7-6-17(34)13-8-16(28)21-18(9-13)38-24(31)33-21)19-10-15-22(37-11-26(15,29)23(30)35)20(32-19)12-2-4-14(27)5-3-12/h2-5,8-10,36H,6-7,11H2,1H3,(H2,30,35)(H2,31,33)/t25-,26?/m0/s1. The van der Waals surface area contributed by atoms with Crippen LogP contribution in [0.3, 0.4) is 0 Å². The number of ether oxygens (including phenoxy) is 1. The zero-order valence-electron chi connectivity index (χ0n) is 19.9. The van der Waals surface area contributed by atoms with Gasteiger partial charge in [-0.1, -0.05) is 11.3 Å². The molecule has 12 heteroatoms. The van der Waals surface area contributed by atoms with Crippen LogP contribution in [0.15, 0.2) is 42.5 Å². The van der Waals surface area contributed by atoms with Crippen molar-refractivity contribution in [3.8, 4) is 17.0 Å². The van der Waals surface area contributed by atoms with Crippen molar-refractivity contribution < 1.29 is 32.6 Å². The minimum atomic E-state index is -2.68. The number of nitrogen functional groups attached to an aromatic ring is 1. The number of aromatic nitrogens is 2. The fourth-order valence-electron chi connectivity index (χ4n) is 4.30. The van der Waals surface area contributed by atoms with Crippen LogP contribution in [0.2, 0.25) is 0 Å². The highest BCUT2D eigenvalue weighted by molar-refractivity contribution is 7.22. The number of anilines is 1. The van der Waals surface area contributed by atoms with E-state index >= 15 is 4.39 Å². The Morgan fingerprint density at radius 3 is 2.58 bits per heavy atom. The number of hydrogen-bond acceptors (Lipinski definition) is 8. The number of nitrogens with zero attached hydrogens (tertiary/aromatic N) is 2. The molecule has 2 atom stereocenters. The molecule has 1 aliphatic heterocycles. The third-order valence-corrected chi connectivity index (χ3v) is 7.33. The van der Waals surface area contributed by atoms with Crippen LogP contribution in [0.5, 0.6) is 5.75 Å². The van der Waals surface area contributed by atoms with Crippen LogP contribution >= 0.6 is 11.3 Å². The van der Waals surface area contributed by atoms with E-state index in [2.05, 4.69) is 9.97 Å². The normalized spacial score (nSPS) is 18.1. The molecule has 0 spiro atoms. The predicted molar refractivity (Wildman–Crippen MR) is 134 cm³/mol. The molecule has 0 saturated carbocycles. The van der Waals surface area contributed by atoms with Crippen LogP contribution in [-0.2, 0) is 16.1 Å². The molecule has 0 fully saturated rings. The molecular formula is C26H21F3N4O4S. The predicted octanol–water partition coefficient (Wildman–Crippen LogP) is 4.13. The molecule has 1 aliphatic rings. The molecule has 0 bridgehead atoms. The molecule has 196 valence electrons. The molecule has 1 unspecified atom stereocenters. The van der Waals surface area contributed by atoms with Gasteiger partial charge in [-0.05, 0) is 55.8 Å². The minimum Gasteiger partial charge on any atom is -0.487 e. The Bertz CT molecular complexity index is 1610. The highest BCUT2D eigenvalue weighted by Gasteiger charge is 2.49. The molecule has 8 nitrogen and oxygen atoms in total. The Kier molecular flexibility index (Phi) is 6.11. The Balaban J connectivity index is 1.49. The van der Waals surface area contributed by atoms with Crippen molar-refractivity contribution in [1.29, 1.82) is 0 Å². The number of ketones is 1. The maximum Gasteiger partial charge on any atom is 0.263 e. The van der Waals surface area contributed by atoms with Gasteiger partial charge in [0.15, 0.2) is 22.5 Å². The second kappa shape index (κ2) is 9.07. The average molecular weight is 543 g/mol. The van der Waals surface area contributed by atoms with Crippen molar-refractivity contribution >= 4 is 38.4 Å². The Hall–Kier alpha value is -4.03. The molecule has 1 amide bonds.